The van der Waals surface area contributed by atoms with Gasteiger partial charge in [-0.1, -0.05) is 0 Å². The monoisotopic (exact) mass is 336 g/mol. The zero-order valence-electron chi connectivity index (χ0n) is 13.1. The molecule has 0 saturated carbocycles. The van der Waals surface area contributed by atoms with Crippen LogP contribution < -0.4 is 10.0 Å². The summed E-state index contributed by atoms with van der Waals surface area (Å²) < 4.78 is 30.8. The van der Waals surface area contributed by atoms with E-state index in [0.29, 0.717) is 5.56 Å². The van der Waals surface area contributed by atoms with Gasteiger partial charge >= 0.3 is 0 Å². The smallest absolute Gasteiger partial charge is 0.251 e. The number of furan rings is 1. The number of amides is 1. The SMILES string of the molecule is CNS(=O)(=O)c1ccc(C(=O)NC(C)CCc2ccco2)cc1. The van der Waals surface area contributed by atoms with E-state index in [9.17, 15) is 13.2 Å². The number of sulfonamides is 1. The summed E-state index contributed by atoms with van der Waals surface area (Å²) in [5.41, 5.74) is 0.421. The highest BCUT2D eigenvalue weighted by Crippen LogP contribution is 2.11. The standard InChI is InChI=1S/C16H20N2O4S/c1-12(5-8-14-4-3-11-22-14)18-16(19)13-6-9-15(10-7-13)23(20,21)17-2/h3-4,6-7,9-12,17H,5,8H2,1-2H3,(H,18,19). The van der Waals surface area contributed by atoms with Crippen molar-refractivity contribution in [2.75, 3.05) is 7.05 Å². The summed E-state index contributed by atoms with van der Waals surface area (Å²) in [6.45, 7) is 1.92. The lowest BCUT2D eigenvalue weighted by Gasteiger charge is -2.13. The van der Waals surface area contributed by atoms with E-state index in [1.54, 1.807) is 6.26 Å². The van der Waals surface area contributed by atoms with Gasteiger partial charge in [-0.15, -0.1) is 0 Å². The summed E-state index contributed by atoms with van der Waals surface area (Å²) in [4.78, 5) is 12.3. The highest BCUT2D eigenvalue weighted by Gasteiger charge is 2.14. The Labute approximate surface area is 135 Å². The third-order valence-electron chi connectivity index (χ3n) is 3.48. The molecule has 0 aliphatic carbocycles. The van der Waals surface area contributed by atoms with Gasteiger partial charge in [0.2, 0.25) is 10.0 Å². The first-order chi connectivity index (χ1) is 10.9. The zero-order chi connectivity index (χ0) is 16.9. The molecule has 124 valence electrons. The third kappa shape index (κ3) is 4.67. The minimum atomic E-state index is -3.49. The fraction of sp³-hybridized carbons (Fsp3) is 0.312. The van der Waals surface area contributed by atoms with Crippen LogP contribution in [0.15, 0.2) is 52.0 Å². The predicted molar refractivity (Wildman–Crippen MR) is 86.6 cm³/mol. The molecule has 1 heterocycles. The first-order valence-electron chi connectivity index (χ1n) is 7.29. The molecule has 7 heteroatoms. The van der Waals surface area contributed by atoms with Gasteiger partial charge in [-0.2, -0.15) is 0 Å². The molecule has 2 N–H and O–H groups in total. The molecule has 0 aliphatic rings. The third-order valence-corrected chi connectivity index (χ3v) is 4.91. The molecule has 0 spiro atoms. The lowest BCUT2D eigenvalue weighted by Crippen LogP contribution is -2.32. The van der Waals surface area contributed by atoms with Gasteiger partial charge in [0.25, 0.3) is 5.91 Å². The first-order valence-corrected chi connectivity index (χ1v) is 8.77. The average Bonchev–Trinajstić information content (AvgIpc) is 3.06. The van der Waals surface area contributed by atoms with Crippen molar-refractivity contribution in [3.8, 4) is 0 Å². The van der Waals surface area contributed by atoms with E-state index >= 15 is 0 Å². The van der Waals surface area contributed by atoms with Crippen LogP contribution in [0.1, 0.15) is 29.5 Å². The maximum absolute atomic E-state index is 12.1. The number of nitrogens with one attached hydrogen (secondary N) is 2. The highest BCUT2D eigenvalue weighted by molar-refractivity contribution is 7.89. The van der Waals surface area contributed by atoms with Gasteiger partial charge in [0, 0.05) is 18.0 Å². The van der Waals surface area contributed by atoms with Crippen LogP contribution in [0.3, 0.4) is 0 Å². The number of carbonyl (C=O) groups excluding carboxylic acids is 1. The van der Waals surface area contributed by atoms with Crippen LogP contribution in [0.4, 0.5) is 0 Å². The Morgan fingerprint density at radius 1 is 1.22 bits per heavy atom. The van der Waals surface area contributed by atoms with Crippen LogP contribution in [0.5, 0.6) is 0 Å². The largest absolute Gasteiger partial charge is 0.469 e. The Balaban J connectivity index is 1.92. The van der Waals surface area contributed by atoms with E-state index in [4.69, 9.17) is 4.42 Å². The molecule has 1 atom stereocenters. The zero-order valence-corrected chi connectivity index (χ0v) is 13.9. The van der Waals surface area contributed by atoms with Gasteiger partial charge in [-0.3, -0.25) is 4.79 Å². The molecule has 2 rings (SSSR count). The van der Waals surface area contributed by atoms with E-state index in [1.165, 1.54) is 31.3 Å². The number of rotatable bonds is 7. The second-order valence-corrected chi connectivity index (χ2v) is 7.11. The van der Waals surface area contributed by atoms with Crippen molar-refractivity contribution >= 4 is 15.9 Å². The van der Waals surface area contributed by atoms with Crippen molar-refractivity contribution in [1.82, 2.24) is 10.0 Å². The molecule has 0 fully saturated rings. The quantitative estimate of drug-likeness (QED) is 0.809. The lowest BCUT2D eigenvalue weighted by molar-refractivity contribution is 0.0938. The summed E-state index contributed by atoms with van der Waals surface area (Å²) in [7, 11) is -2.15. The van der Waals surface area contributed by atoms with E-state index in [2.05, 4.69) is 10.0 Å². The molecule has 0 saturated heterocycles. The van der Waals surface area contributed by atoms with Crippen molar-refractivity contribution in [3.63, 3.8) is 0 Å². The number of benzene rings is 1. The van der Waals surface area contributed by atoms with Crippen LogP contribution in [-0.4, -0.2) is 27.4 Å². The molecule has 0 bridgehead atoms. The summed E-state index contributed by atoms with van der Waals surface area (Å²) in [5, 5.41) is 2.89. The maximum atomic E-state index is 12.1. The molecule has 23 heavy (non-hydrogen) atoms. The van der Waals surface area contributed by atoms with Crippen molar-refractivity contribution in [3.05, 3.63) is 54.0 Å². The summed E-state index contributed by atoms with van der Waals surface area (Å²) in [6, 6.07) is 9.53. The van der Waals surface area contributed by atoms with Gasteiger partial charge in [0.1, 0.15) is 5.76 Å². The average molecular weight is 336 g/mol. The normalized spacial score (nSPS) is 12.8. The molecule has 1 amide bonds. The molecule has 0 aliphatic heterocycles. The van der Waals surface area contributed by atoms with E-state index in [-0.39, 0.29) is 16.8 Å². The molecule has 0 radical (unpaired) electrons. The minimum Gasteiger partial charge on any atom is -0.469 e. The van der Waals surface area contributed by atoms with Crippen LogP contribution in [0.2, 0.25) is 0 Å². The van der Waals surface area contributed by atoms with Gasteiger partial charge in [-0.25, -0.2) is 13.1 Å². The number of hydrogen-bond acceptors (Lipinski definition) is 4. The van der Waals surface area contributed by atoms with Gasteiger partial charge < -0.3 is 9.73 Å². The first kappa shape index (κ1) is 17.2. The molecule has 1 aromatic heterocycles. The number of carbonyl (C=O) groups is 1. The molecule has 2 aromatic rings. The fourth-order valence-electron chi connectivity index (χ4n) is 2.10. The lowest BCUT2D eigenvalue weighted by atomic mass is 10.1. The summed E-state index contributed by atoms with van der Waals surface area (Å²) >= 11 is 0. The van der Waals surface area contributed by atoms with E-state index < -0.39 is 10.0 Å². The Kier molecular flexibility index (Phi) is 5.57. The van der Waals surface area contributed by atoms with Crippen LogP contribution in [-0.2, 0) is 16.4 Å². The Hall–Kier alpha value is -2.12. The van der Waals surface area contributed by atoms with E-state index in [0.717, 1.165) is 18.6 Å². The molecule has 1 unspecified atom stereocenters. The summed E-state index contributed by atoms with van der Waals surface area (Å²) in [6.07, 6.45) is 3.12. The second kappa shape index (κ2) is 7.43. The predicted octanol–water partition coefficient (Wildman–Crippen LogP) is 1.94. The Morgan fingerprint density at radius 2 is 1.91 bits per heavy atom. The van der Waals surface area contributed by atoms with Crippen molar-refractivity contribution < 1.29 is 17.6 Å². The number of aryl methyl sites for hydroxylation is 1. The fourth-order valence-corrected chi connectivity index (χ4v) is 2.83. The molecular formula is C16H20N2O4S. The topological polar surface area (TPSA) is 88.4 Å². The highest BCUT2D eigenvalue weighted by atomic mass is 32.2. The van der Waals surface area contributed by atoms with E-state index in [1.807, 2.05) is 19.1 Å². The van der Waals surface area contributed by atoms with Gasteiger partial charge in [0.15, 0.2) is 0 Å². The number of hydrogen-bond donors (Lipinski definition) is 2. The molecular weight excluding hydrogens is 316 g/mol. The summed E-state index contributed by atoms with van der Waals surface area (Å²) in [5.74, 6) is 0.651. The van der Waals surface area contributed by atoms with Crippen molar-refractivity contribution in [2.24, 2.45) is 0 Å². The van der Waals surface area contributed by atoms with Crippen molar-refractivity contribution in [2.45, 2.75) is 30.7 Å². The van der Waals surface area contributed by atoms with Gasteiger partial charge in [0.05, 0.1) is 11.2 Å². The van der Waals surface area contributed by atoms with Crippen LogP contribution in [0, 0.1) is 0 Å². The maximum Gasteiger partial charge on any atom is 0.251 e. The second-order valence-electron chi connectivity index (χ2n) is 5.22. The minimum absolute atomic E-state index is 0.0201. The Bertz CT molecular complexity index is 737. The van der Waals surface area contributed by atoms with Crippen molar-refractivity contribution in [1.29, 1.82) is 0 Å². The van der Waals surface area contributed by atoms with Crippen LogP contribution in [0.25, 0.3) is 0 Å². The Morgan fingerprint density at radius 3 is 2.48 bits per heavy atom. The van der Waals surface area contributed by atoms with Gasteiger partial charge in [-0.05, 0) is 56.8 Å². The molecule has 1 aromatic carbocycles. The molecule has 6 nitrogen and oxygen atoms in total. The van der Waals surface area contributed by atoms with Crippen LogP contribution >= 0.6 is 0 Å².